The lowest BCUT2D eigenvalue weighted by molar-refractivity contribution is 0.618. The Labute approximate surface area is 120 Å². The first kappa shape index (κ1) is 12.5. The van der Waals surface area contributed by atoms with Gasteiger partial charge in [0.25, 0.3) is 0 Å². The fourth-order valence-corrected chi connectivity index (χ4v) is 3.20. The molecule has 98 valence electrons. The van der Waals surface area contributed by atoms with E-state index in [-0.39, 0.29) is 0 Å². The van der Waals surface area contributed by atoms with Gasteiger partial charge in [-0.3, -0.25) is 0 Å². The van der Waals surface area contributed by atoms with Crippen molar-refractivity contribution in [1.82, 2.24) is 4.98 Å². The Morgan fingerprint density at radius 3 is 2.84 bits per heavy atom. The van der Waals surface area contributed by atoms with Crippen LogP contribution in [0.2, 0.25) is 5.02 Å². The number of aromatic nitrogens is 1. The van der Waals surface area contributed by atoms with Crippen molar-refractivity contribution in [2.45, 2.75) is 20.3 Å². The summed E-state index contributed by atoms with van der Waals surface area (Å²) in [7, 11) is 0. The third-order valence-electron chi connectivity index (χ3n) is 3.03. The quantitative estimate of drug-likeness (QED) is 0.747. The van der Waals surface area contributed by atoms with E-state index in [0.29, 0.717) is 10.9 Å². The van der Waals surface area contributed by atoms with Crippen molar-refractivity contribution in [3.8, 4) is 11.5 Å². The molecule has 0 spiro atoms. The van der Waals surface area contributed by atoms with Crippen LogP contribution in [0.3, 0.4) is 0 Å². The molecule has 1 aromatic carbocycles. The van der Waals surface area contributed by atoms with Crippen molar-refractivity contribution in [1.29, 1.82) is 0 Å². The number of nitrogens with two attached hydrogens (primary N) is 1. The summed E-state index contributed by atoms with van der Waals surface area (Å²) < 4.78 is 5.84. The molecular formula is C14H13ClN2OS. The first-order valence-electron chi connectivity index (χ1n) is 6.03. The number of thiophene rings is 1. The molecule has 0 bridgehead atoms. The average Bonchev–Trinajstić information content (AvgIpc) is 2.92. The molecule has 0 fully saturated rings. The molecule has 0 aliphatic heterocycles. The minimum atomic E-state index is 0.564. The van der Waals surface area contributed by atoms with Crippen molar-refractivity contribution in [3.63, 3.8) is 0 Å². The summed E-state index contributed by atoms with van der Waals surface area (Å²) in [6.07, 6.45) is 0.958. The molecule has 2 N–H and O–H groups in total. The minimum absolute atomic E-state index is 0.564. The van der Waals surface area contributed by atoms with E-state index in [9.17, 15) is 0 Å². The van der Waals surface area contributed by atoms with E-state index in [1.807, 2.05) is 19.1 Å². The van der Waals surface area contributed by atoms with Gasteiger partial charge in [-0.1, -0.05) is 18.5 Å². The van der Waals surface area contributed by atoms with Crippen molar-refractivity contribution in [3.05, 3.63) is 33.7 Å². The van der Waals surface area contributed by atoms with E-state index in [1.54, 1.807) is 17.4 Å². The molecular weight excluding hydrogens is 280 g/mol. The Balaban J connectivity index is 2.20. The number of anilines is 1. The standard InChI is InChI=1S/C14H13ClN2OS/c1-3-9-6-10(13(16)19-9)14-17-11-5-8(15)4-7(2)12(11)18-14/h4-6H,3,16H2,1-2H3. The lowest BCUT2D eigenvalue weighted by Gasteiger charge is -1.93. The average molecular weight is 293 g/mol. The predicted molar refractivity (Wildman–Crippen MR) is 80.9 cm³/mol. The van der Waals surface area contributed by atoms with E-state index >= 15 is 0 Å². The highest BCUT2D eigenvalue weighted by Gasteiger charge is 2.15. The van der Waals surface area contributed by atoms with Crippen LogP contribution >= 0.6 is 22.9 Å². The van der Waals surface area contributed by atoms with Gasteiger partial charge in [0.05, 0.1) is 10.6 Å². The van der Waals surface area contributed by atoms with Gasteiger partial charge >= 0.3 is 0 Å². The molecule has 3 nitrogen and oxygen atoms in total. The molecule has 2 heterocycles. The van der Waals surface area contributed by atoms with Crippen LogP contribution in [-0.4, -0.2) is 4.98 Å². The predicted octanol–water partition coefficient (Wildman–Crippen LogP) is 4.66. The molecule has 0 atom stereocenters. The molecule has 2 aromatic heterocycles. The van der Waals surface area contributed by atoms with Gasteiger partial charge in [0.2, 0.25) is 5.89 Å². The van der Waals surface area contributed by atoms with Crippen LogP contribution in [-0.2, 0) is 6.42 Å². The second-order valence-corrected chi connectivity index (χ2v) is 6.04. The number of oxazole rings is 1. The molecule has 3 rings (SSSR count). The SMILES string of the molecule is CCc1cc(-c2nc3cc(Cl)cc(C)c3o2)c(N)s1. The van der Waals surface area contributed by atoms with Crippen molar-refractivity contribution < 1.29 is 4.42 Å². The van der Waals surface area contributed by atoms with Gasteiger partial charge in [-0.05, 0) is 37.1 Å². The monoisotopic (exact) mass is 292 g/mol. The highest BCUT2D eigenvalue weighted by atomic mass is 35.5. The molecule has 19 heavy (non-hydrogen) atoms. The fourth-order valence-electron chi connectivity index (χ4n) is 2.07. The largest absolute Gasteiger partial charge is 0.436 e. The molecule has 3 aromatic rings. The molecule has 0 amide bonds. The molecule has 0 aliphatic carbocycles. The number of hydrogen-bond donors (Lipinski definition) is 1. The van der Waals surface area contributed by atoms with Gasteiger partial charge in [0.1, 0.15) is 5.52 Å². The van der Waals surface area contributed by atoms with Crippen LogP contribution in [0, 0.1) is 6.92 Å². The maximum absolute atomic E-state index is 6.03. The zero-order valence-corrected chi connectivity index (χ0v) is 12.2. The van der Waals surface area contributed by atoms with Crippen molar-refractivity contribution in [2.75, 3.05) is 5.73 Å². The molecule has 0 radical (unpaired) electrons. The van der Waals surface area contributed by atoms with Gasteiger partial charge in [0, 0.05) is 9.90 Å². The molecule has 0 saturated carbocycles. The number of rotatable bonds is 2. The summed E-state index contributed by atoms with van der Waals surface area (Å²) in [5.41, 5.74) is 9.41. The van der Waals surface area contributed by atoms with Crippen LogP contribution in [0.4, 0.5) is 5.00 Å². The fraction of sp³-hybridized carbons (Fsp3) is 0.214. The van der Waals surface area contributed by atoms with E-state index in [2.05, 4.69) is 11.9 Å². The second-order valence-electron chi connectivity index (χ2n) is 4.43. The zero-order chi connectivity index (χ0) is 13.6. The third kappa shape index (κ3) is 2.11. The Bertz CT molecular complexity index is 760. The summed E-state index contributed by atoms with van der Waals surface area (Å²) in [4.78, 5) is 5.72. The Morgan fingerprint density at radius 1 is 1.37 bits per heavy atom. The van der Waals surface area contributed by atoms with Crippen molar-refractivity contribution >= 4 is 39.0 Å². The summed E-state index contributed by atoms with van der Waals surface area (Å²) >= 11 is 7.61. The minimum Gasteiger partial charge on any atom is -0.436 e. The van der Waals surface area contributed by atoms with Gasteiger partial charge in [-0.15, -0.1) is 11.3 Å². The van der Waals surface area contributed by atoms with Crippen LogP contribution in [0.5, 0.6) is 0 Å². The maximum atomic E-state index is 6.03. The molecule has 5 heteroatoms. The highest BCUT2D eigenvalue weighted by molar-refractivity contribution is 7.16. The van der Waals surface area contributed by atoms with Crippen LogP contribution < -0.4 is 5.73 Å². The number of nitrogens with zero attached hydrogens (tertiary/aromatic N) is 1. The summed E-state index contributed by atoms with van der Waals surface area (Å²) in [6.45, 7) is 4.06. The van der Waals surface area contributed by atoms with Crippen LogP contribution in [0.25, 0.3) is 22.6 Å². The number of benzene rings is 1. The van der Waals surface area contributed by atoms with Gasteiger partial charge in [0.15, 0.2) is 5.58 Å². The van der Waals surface area contributed by atoms with Crippen LogP contribution in [0.1, 0.15) is 17.4 Å². The van der Waals surface area contributed by atoms with Crippen LogP contribution in [0.15, 0.2) is 22.6 Å². The summed E-state index contributed by atoms with van der Waals surface area (Å²) in [5, 5.41) is 1.41. The number of nitrogen functional groups attached to an aromatic ring is 1. The number of halogens is 1. The number of aryl methyl sites for hydroxylation is 2. The normalized spacial score (nSPS) is 11.3. The lowest BCUT2D eigenvalue weighted by atomic mass is 10.2. The second kappa shape index (κ2) is 4.54. The Morgan fingerprint density at radius 2 is 2.16 bits per heavy atom. The molecule has 0 aliphatic rings. The third-order valence-corrected chi connectivity index (χ3v) is 4.36. The van der Waals surface area contributed by atoms with E-state index < -0.39 is 0 Å². The maximum Gasteiger partial charge on any atom is 0.230 e. The van der Waals surface area contributed by atoms with Gasteiger partial charge < -0.3 is 10.2 Å². The zero-order valence-electron chi connectivity index (χ0n) is 10.7. The van der Waals surface area contributed by atoms with E-state index in [4.69, 9.17) is 21.8 Å². The first-order chi connectivity index (χ1) is 9.08. The van der Waals surface area contributed by atoms with E-state index in [0.717, 1.165) is 33.6 Å². The number of fused-ring (bicyclic) bond motifs is 1. The molecule has 0 saturated heterocycles. The van der Waals surface area contributed by atoms with Gasteiger partial charge in [-0.25, -0.2) is 4.98 Å². The smallest absolute Gasteiger partial charge is 0.230 e. The van der Waals surface area contributed by atoms with Gasteiger partial charge in [-0.2, -0.15) is 0 Å². The Kier molecular flexibility index (Phi) is 2.99. The highest BCUT2D eigenvalue weighted by Crippen LogP contribution is 2.36. The van der Waals surface area contributed by atoms with E-state index in [1.165, 1.54) is 4.88 Å². The lowest BCUT2D eigenvalue weighted by Crippen LogP contribution is -1.82. The first-order valence-corrected chi connectivity index (χ1v) is 7.23. The molecule has 0 unspecified atom stereocenters. The topological polar surface area (TPSA) is 52.0 Å². The summed E-state index contributed by atoms with van der Waals surface area (Å²) in [5.74, 6) is 0.564. The number of hydrogen-bond acceptors (Lipinski definition) is 4. The summed E-state index contributed by atoms with van der Waals surface area (Å²) in [6, 6.07) is 5.72. The van der Waals surface area contributed by atoms with Crippen molar-refractivity contribution in [2.24, 2.45) is 0 Å². The Hall–Kier alpha value is -1.52.